The van der Waals surface area contributed by atoms with Gasteiger partial charge >= 0.3 is 0 Å². The molecule has 0 aliphatic carbocycles. The van der Waals surface area contributed by atoms with Crippen LogP contribution in [0.15, 0.2) is 42.5 Å². The molecule has 0 atom stereocenters. The Morgan fingerprint density at radius 3 is 2.45 bits per heavy atom. The molecule has 0 radical (unpaired) electrons. The summed E-state index contributed by atoms with van der Waals surface area (Å²) in [5.41, 5.74) is 10.1. The third kappa shape index (κ3) is 2.14. The highest BCUT2D eigenvalue weighted by atomic mass is 35.5. The van der Waals surface area contributed by atoms with Crippen LogP contribution in [0.5, 0.6) is 0 Å². The first-order valence-electron chi connectivity index (χ1n) is 6.60. The molecule has 1 aromatic heterocycles. The second-order valence-corrected chi connectivity index (χ2v) is 5.62. The Morgan fingerprint density at radius 2 is 1.80 bits per heavy atom. The van der Waals surface area contributed by atoms with E-state index in [4.69, 9.17) is 17.3 Å². The quantitative estimate of drug-likeness (QED) is 0.759. The summed E-state index contributed by atoms with van der Waals surface area (Å²) in [6.45, 7) is 4.36. The minimum absolute atomic E-state index is 0.472. The summed E-state index contributed by atoms with van der Waals surface area (Å²) in [7, 11) is 0. The van der Waals surface area contributed by atoms with Crippen LogP contribution in [0.3, 0.4) is 0 Å². The fraction of sp³-hybridized carbons (Fsp3) is 0.188. The molecule has 0 saturated heterocycles. The maximum Gasteiger partial charge on any atom is 0.205 e. The number of hydrogen-bond donors (Lipinski definition) is 1. The lowest BCUT2D eigenvalue weighted by Crippen LogP contribution is -2.00. The topological polar surface area (TPSA) is 43.8 Å². The van der Waals surface area contributed by atoms with Crippen molar-refractivity contribution in [2.45, 2.75) is 19.8 Å². The molecule has 2 aromatic carbocycles. The van der Waals surface area contributed by atoms with E-state index in [1.165, 1.54) is 5.56 Å². The average Bonchev–Trinajstić information content (AvgIpc) is 2.73. The summed E-state index contributed by atoms with van der Waals surface area (Å²) in [5, 5.41) is 0.664. The molecule has 0 spiro atoms. The van der Waals surface area contributed by atoms with Gasteiger partial charge < -0.3 is 5.73 Å². The largest absolute Gasteiger partial charge is 0.369 e. The second kappa shape index (κ2) is 4.84. The number of aromatic nitrogens is 2. The lowest BCUT2D eigenvalue weighted by Gasteiger charge is -2.09. The zero-order chi connectivity index (χ0) is 14.3. The van der Waals surface area contributed by atoms with Gasteiger partial charge in [-0.1, -0.05) is 37.6 Å². The van der Waals surface area contributed by atoms with E-state index in [0.717, 1.165) is 16.7 Å². The van der Waals surface area contributed by atoms with Gasteiger partial charge in [0.05, 0.1) is 11.0 Å². The summed E-state index contributed by atoms with van der Waals surface area (Å²) < 4.78 is 1.94. The first-order chi connectivity index (χ1) is 9.56. The van der Waals surface area contributed by atoms with Crippen molar-refractivity contribution >= 4 is 28.6 Å². The normalized spacial score (nSPS) is 11.4. The summed E-state index contributed by atoms with van der Waals surface area (Å²) in [5.74, 6) is 0.985. The minimum atomic E-state index is 0.472. The van der Waals surface area contributed by atoms with Gasteiger partial charge in [0, 0.05) is 10.7 Å². The fourth-order valence-corrected chi connectivity index (χ4v) is 2.52. The fourth-order valence-electron chi connectivity index (χ4n) is 2.35. The Bertz CT molecular complexity index is 757. The Hall–Kier alpha value is -2.00. The molecule has 3 nitrogen and oxygen atoms in total. The summed E-state index contributed by atoms with van der Waals surface area (Å²) in [6, 6.07) is 14.0. The smallest absolute Gasteiger partial charge is 0.205 e. The molecule has 0 saturated carbocycles. The van der Waals surface area contributed by atoms with Crippen LogP contribution < -0.4 is 5.73 Å². The van der Waals surface area contributed by atoms with Crippen LogP contribution in [0.2, 0.25) is 5.02 Å². The van der Waals surface area contributed by atoms with Crippen molar-refractivity contribution in [3.8, 4) is 5.69 Å². The van der Waals surface area contributed by atoms with E-state index in [2.05, 4.69) is 43.1 Å². The molecule has 3 aromatic rings. The molecule has 0 unspecified atom stereocenters. The number of fused-ring (bicyclic) bond motifs is 1. The van der Waals surface area contributed by atoms with Crippen molar-refractivity contribution in [3.63, 3.8) is 0 Å². The molecule has 0 amide bonds. The van der Waals surface area contributed by atoms with Crippen molar-refractivity contribution in [2.24, 2.45) is 0 Å². The van der Waals surface area contributed by atoms with Crippen LogP contribution >= 0.6 is 11.6 Å². The highest BCUT2D eigenvalue weighted by Gasteiger charge is 2.10. The minimum Gasteiger partial charge on any atom is -0.369 e. The van der Waals surface area contributed by atoms with Crippen LogP contribution in [0.4, 0.5) is 5.95 Å². The van der Waals surface area contributed by atoms with Gasteiger partial charge in [-0.15, -0.1) is 0 Å². The Labute approximate surface area is 123 Å². The number of imidazole rings is 1. The van der Waals surface area contributed by atoms with E-state index < -0.39 is 0 Å². The van der Waals surface area contributed by atoms with E-state index >= 15 is 0 Å². The predicted octanol–water partition coefficient (Wildman–Crippen LogP) is 4.38. The SMILES string of the molecule is CC(C)c1ccc(-n2c(N)nc3cc(Cl)ccc32)cc1. The number of benzene rings is 2. The van der Waals surface area contributed by atoms with Gasteiger partial charge in [0.25, 0.3) is 0 Å². The second-order valence-electron chi connectivity index (χ2n) is 5.18. The predicted molar refractivity (Wildman–Crippen MR) is 84.6 cm³/mol. The number of rotatable bonds is 2. The molecule has 0 bridgehead atoms. The number of nitrogens with two attached hydrogens (primary N) is 1. The zero-order valence-electron chi connectivity index (χ0n) is 11.5. The van der Waals surface area contributed by atoms with Crippen LogP contribution in [0.1, 0.15) is 25.3 Å². The molecule has 4 heteroatoms. The number of nitrogen functional groups attached to an aromatic ring is 1. The summed E-state index contributed by atoms with van der Waals surface area (Å²) in [4.78, 5) is 4.36. The van der Waals surface area contributed by atoms with Gasteiger partial charge in [-0.25, -0.2) is 4.98 Å². The van der Waals surface area contributed by atoms with E-state index in [1.807, 2.05) is 22.8 Å². The molecule has 102 valence electrons. The van der Waals surface area contributed by atoms with Crippen LogP contribution in [0, 0.1) is 0 Å². The molecule has 1 heterocycles. The van der Waals surface area contributed by atoms with Gasteiger partial charge in [-0.05, 0) is 41.8 Å². The van der Waals surface area contributed by atoms with Crippen molar-refractivity contribution < 1.29 is 0 Å². The van der Waals surface area contributed by atoms with Gasteiger partial charge in [0.15, 0.2) is 0 Å². The molecule has 2 N–H and O–H groups in total. The lowest BCUT2D eigenvalue weighted by atomic mass is 10.0. The standard InChI is InChI=1S/C16H16ClN3/c1-10(2)11-3-6-13(7-4-11)20-15-8-5-12(17)9-14(15)19-16(20)18/h3-10H,1-2H3,(H2,18,19). The van der Waals surface area contributed by atoms with Gasteiger partial charge in [0.2, 0.25) is 5.95 Å². The summed E-state index contributed by atoms with van der Waals surface area (Å²) >= 11 is 5.99. The highest BCUT2D eigenvalue weighted by Crippen LogP contribution is 2.26. The van der Waals surface area contributed by atoms with Gasteiger partial charge in [0.1, 0.15) is 0 Å². The average molecular weight is 286 g/mol. The van der Waals surface area contributed by atoms with E-state index in [9.17, 15) is 0 Å². The van der Waals surface area contributed by atoms with Crippen LogP contribution in [-0.2, 0) is 0 Å². The third-order valence-electron chi connectivity index (χ3n) is 3.46. The molecule has 20 heavy (non-hydrogen) atoms. The number of halogens is 1. The van der Waals surface area contributed by atoms with E-state index in [1.54, 1.807) is 0 Å². The molecular weight excluding hydrogens is 270 g/mol. The molecule has 3 rings (SSSR count). The molecule has 0 fully saturated rings. The molecular formula is C16H16ClN3. The maximum absolute atomic E-state index is 6.04. The van der Waals surface area contributed by atoms with Crippen molar-refractivity contribution in [1.29, 1.82) is 0 Å². The number of nitrogens with zero attached hydrogens (tertiary/aromatic N) is 2. The molecule has 0 aliphatic heterocycles. The Morgan fingerprint density at radius 1 is 1.10 bits per heavy atom. The van der Waals surface area contributed by atoms with E-state index in [0.29, 0.717) is 16.9 Å². The highest BCUT2D eigenvalue weighted by molar-refractivity contribution is 6.31. The number of anilines is 1. The van der Waals surface area contributed by atoms with Crippen molar-refractivity contribution in [2.75, 3.05) is 5.73 Å². The third-order valence-corrected chi connectivity index (χ3v) is 3.70. The van der Waals surface area contributed by atoms with Gasteiger partial charge in [-0.3, -0.25) is 4.57 Å². The van der Waals surface area contributed by atoms with Crippen LogP contribution in [0.25, 0.3) is 16.7 Å². The Balaban J connectivity index is 2.16. The van der Waals surface area contributed by atoms with Gasteiger partial charge in [-0.2, -0.15) is 0 Å². The first kappa shape index (κ1) is 13.0. The Kier molecular flexibility index (Phi) is 3.14. The maximum atomic E-state index is 6.04. The zero-order valence-corrected chi connectivity index (χ0v) is 12.2. The summed E-state index contributed by atoms with van der Waals surface area (Å²) in [6.07, 6.45) is 0. The number of hydrogen-bond acceptors (Lipinski definition) is 2. The van der Waals surface area contributed by atoms with Crippen LogP contribution in [-0.4, -0.2) is 9.55 Å². The lowest BCUT2D eigenvalue weighted by molar-refractivity contribution is 0.865. The van der Waals surface area contributed by atoms with E-state index in [-0.39, 0.29) is 0 Å². The first-order valence-corrected chi connectivity index (χ1v) is 6.98. The van der Waals surface area contributed by atoms with Crippen molar-refractivity contribution in [1.82, 2.24) is 9.55 Å². The van der Waals surface area contributed by atoms with Crippen molar-refractivity contribution in [3.05, 3.63) is 53.1 Å². The monoisotopic (exact) mass is 285 g/mol. The molecule has 0 aliphatic rings.